The Bertz CT molecular complexity index is 734. The fraction of sp³-hybridized carbons (Fsp3) is 0.526. The van der Waals surface area contributed by atoms with Crippen LogP contribution in [0.3, 0.4) is 0 Å². The highest BCUT2D eigenvalue weighted by Gasteiger charge is 2.14. The van der Waals surface area contributed by atoms with Crippen molar-refractivity contribution in [3.63, 3.8) is 0 Å². The molecule has 1 saturated carbocycles. The van der Waals surface area contributed by atoms with Crippen LogP contribution in [-0.2, 0) is 9.53 Å². The summed E-state index contributed by atoms with van der Waals surface area (Å²) >= 11 is 7.33. The molecule has 8 heteroatoms. The van der Waals surface area contributed by atoms with Gasteiger partial charge in [0.15, 0.2) is 0 Å². The lowest BCUT2D eigenvalue weighted by Crippen LogP contribution is -2.27. The number of hydrogen-bond donors (Lipinski definition) is 1. The van der Waals surface area contributed by atoms with Gasteiger partial charge < -0.3 is 14.5 Å². The third-order valence-electron chi connectivity index (χ3n) is 4.39. The van der Waals surface area contributed by atoms with Crippen LogP contribution in [0.2, 0.25) is 5.02 Å². The average Bonchev–Trinajstić information content (AvgIpc) is 3.16. The van der Waals surface area contributed by atoms with Crippen molar-refractivity contribution in [3.05, 3.63) is 29.3 Å². The summed E-state index contributed by atoms with van der Waals surface area (Å²) in [5.41, 5.74) is 0.681. The fourth-order valence-electron chi connectivity index (χ4n) is 2.97. The van der Waals surface area contributed by atoms with Gasteiger partial charge in [0.25, 0.3) is 5.22 Å². The molecular formula is C19H24ClN3O3S. The number of carbonyl (C=O) groups is 1. The van der Waals surface area contributed by atoms with E-state index in [-0.39, 0.29) is 11.7 Å². The molecule has 0 spiro atoms. The van der Waals surface area contributed by atoms with Crippen molar-refractivity contribution in [2.45, 2.75) is 49.9 Å². The van der Waals surface area contributed by atoms with Crippen LogP contribution in [0.4, 0.5) is 0 Å². The second-order valence-corrected chi connectivity index (χ2v) is 7.81. The zero-order valence-electron chi connectivity index (χ0n) is 15.2. The summed E-state index contributed by atoms with van der Waals surface area (Å²) in [6, 6.07) is 7.26. The maximum atomic E-state index is 11.9. The van der Waals surface area contributed by atoms with Crippen LogP contribution in [0.25, 0.3) is 11.5 Å². The summed E-state index contributed by atoms with van der Waals surface area (Å²) < 4.78 is 11.4. The van der Waals surface area contributed by atoms with Gasteiger partial charge in [0, 0.05) is 13.2 Å². The maximum absolute atomic E-state index is 11.9. The highest BCUT2D eigenvalue weighted by molar-refractivity contribution is 7.99. The third-order valence-corrected chi connectivity index (χ3v) is 5.53. The van der Waals surface area contributed by atoms with Crippen molar-refractivity contribution in [2.75, 3.05) is 18.9 Å². The average molecular weight is 410 g/mol. The van der Waals surface area contributed by atoms with Crippen molar-refractivity contribution >= 4 is 29.3 Å². The van der Waals surface area contributed by atoms with E-state index in [1.165, 1.54) is 43.9 Å². The number of halogens is 1. The number of carbonyl (C=O) groups excluding carboxylic acids is 1. The van der Waals surface area contributed by atoms with E-state index in [0.29, 0.717) is 41.0 Å². The van der Waals surface area contributed by atoms with Crippen LogP contribution >= 0.6 is 23.4 Å². The Labute approximate surface area is 168 Å². The summed E-state index contributed by atoms with van der Waals surface area (Å²) in [6.45, 7) is 1.31. The van der Waals surface area contributed by atoms with Gasteiger partial charge in [0.05, 0.1) is 22.4 Å². The molecule has 0 saturated heterocycles. The molecule has 0 aliphatic heterocycles. The molecule has 2 aromatic rings. The van der Waals surface area contributed by atoms with Gasteiger partial charge >= 0.3 is 0 Å². The van der Waals surface area contributed by atoms with Gasteiger partial charge in [-0.1, -0.05) is 54.8 Å². The van der Waals surface area contributed by atoms with E-state index in [0.717, 1.165) is 6.42 Å². The minimum atomic E-state index is -0.0600. The second kappa shape index (κ2) is 10.7. The molecule has 1 heterocycles. The molecule has 0 radical (unpaired) electrons. The molecule has 6 nitrogen and oxygen atoms in total. The summed E-state index contributed by atoms with van der Waals surface area (Å²) in [7, 11) is 0. The molecule has 1 amide bonds. The molecule has 27 heavy (non-hydrogen) atoms. The molecule has 3 rings (SSSR count). The number of nitrogens with zero attached hydrogens (tertiary/aromatic N) is 2. The molecule has 146 valence electrons. The number of benzene rings is 1. The summed E-state index contributed by atoms with van der Waals surface area (Å²) in [4.78, 5) is 11.9. The summed E-state index contributed by atoms with van der Waals surface area (Å²) in [5, 5.41) is 11.7. The van der Waals surface area contributed by atoms with Crippen molar-refractivity contribution < 1.29 is 13.9 Å². The number of nitrogens with one attached hydrogen (secondary N) is 1. The monoisotopic (exact) mass is 409 g/mol. The van der Waals surface area contributed by atoms with Crippen molar-refractivity contribution in [3.8, 4) is 11.5 Å². The largest absolute Gasteiger partial charge is 0.411 e. The lowest BCUT2D eigenvalue weighted by Gasteiger charge is -2.21. The van der Waals surface area contributed by atoms with Gasteiger partial charge in [0.1, 0.15) is 0 Å². The number of rotatable bonds is 9. The molecule has 0 bridgehead atoms. The minimum absolute atomic E-state index is 0.0600. The highest BCUT2D eigenvalue weighted by Crippen LogP contribution is 2.28. The lowest BCUT2D eigenvalue weighted by atomic mass is 9.98. The number of hydrogen-bond acceptors (Lipinski definition) is 6. The molecule has 0 unspecified atom stereocenters. The Morgan fingerprint density at radius 3 is 2.89 bits per heavy atom. The number of thioether (sulfide) groups is 1. The molecule has 1 aromatic heterocycles. The predicted molar refractivity (Wildman–Crippen MR) is 106 cm³/mol. The smallest absolute Gasteiger partial charge is 0.277 e. The van der Waals surface area contributed by atoms with Crippen molar-refractivity contribution in [1.29, 1.82) is 0 Å². The predicted octanol–water partition coefficient (Wildman–Crippen LogP) is 4.34. The zero-order valence-corrected chi connectivity index (χ0v) is 16.7. The van der Waals surface area contributed by atoms with E-state index in [1.54, 1.807) is 6.07 Å². The summed E-state index contributed by atoms with van der Waals surface area (Å²) in [6.07, 6.45) is 7.44. The normalized spacial score (nSPS) is 15.0. The van der Waals surface area contributed by atoms with Crippen molar-refractivity contribution in [1.82, 2.24) is 15.5 Å². The fourth-order valence-corrected chi connectivity index (χ4v) is 3.78. The highest BCUT2D eigenvalue weighted by atomic mass is 35.5. The molecule has 1 N–H and O–H groups in total. The molecule has 1 aliphatic rings. The van der Waals surface area contributed by atoms with E-state index in [1.807, 2.05) is 18.2 Å². The first kappa shape index (κ1) is 20.2. The Morgan fingerprint density at radius 1 is 1.26 bits per heavy atom. The van der Waals surface area contributed by atoms with E-state index < -0.39 is 0 Å². The maximum Gasteiger partial charge on any atom is 0.277 e. The van der Waals surface area contributed by atoms with Gasteiger partial charge in [-0.25, -0.2) is 0 Å². The van der Waals surface area contributed by atoms with Crippen LogP contribution in [0.1, 0.15) is 38.5 Å². The SMILES string of the molecule is O=C(CSc1nnc(-c2ccccc2Cl)o1)NCCCOC1CCCCC1. The van der Waals surface area contributed by atoms with Crippen LogP contribution < -0.4 is 5.32 Å². The minimum Gasteiger partial charge on any atom is -0.411 e. The van der Waals surface area contributed by atoms with Gasteiger partial charge in [-0.3, -0.25) is 4.79 Å². The van der Waals surface area contributed by atoms with E-state index in [4.69, 9.17) is 20.8 Å². The van der Waals surface area contributed by atoms with E-state index in [2.05, 4.69) is 15.5 Å². The quantitative estimate of drug-likeness (QED) is 0.490. The third kappa shape index (κ3) is 6.52. The molecule has 1 fully saturated rings. The molecular weight excluding hydrogens is 386 g/mol. The Balaban J connectivity index is 1.32. The Kier molecular flexibility index (Phi) is 7.98. The van der Waals surface area contributed by atoms with Crippen LogP contribution in [0.5, 0.6) is 0 Å². The van der Waals surface area contributed by atoms with E-state index in [9.17, 15) is 4.79 Å². The molecule has 1 aliphatic carbocycles. The van der Waals surface area contributed by atoms with E-state index >= 15 is 0 Å². The van der Waals surface area contributed by atoms with Gasteiger partial charge in [-0.2, -0.15) is 0 Å². The molecule has 1 aromatic carbocycles. The first-order valence-electron chi connectivity index (χ1n) is 9.32. The van der Waals surface area contributed by atoms with Crippen LogP contribution in [0.15, 0.2) is 33.9 Å². The lowest BCUT2D eigenvalue weighted by molar-refractivity contribution is -0.118. The first-order chi connectivity index (χ1) is 13.2. The number of aromatic nitrogens is 2. The molecule has 0 atom stereocenters. The van der Waals surface area contributed by atoms with Crippen LogP contribution in [-0.4, -0.2) is 41.1 Å². The standard InChI is InChI=1S/C19H24ClN3O3S/c20-16-10-5-4-9-15(16)18-22-23-19(26-18)27-13-17(24)21-11-6-12-25-14-7-2-1-3-8-14/h4-5,9-10,14H,1-3,6-8,11-13H2,(H,21,24). The van der Waals surface area contributed by atoms with Crippen LogP contribution in [0, 0.1) is 0 Å². The first-order valence-corrected chi connectivity index (χ1v) is 10.7. The Morgan fingerprint density at radius 2 is 2.07 bits per heavy atom. The van der Waals surface area contributed by atoms with Gasteiger partial charge in [0.2, 0.25) is 11.8 Å². The second-order valence-electron chi connectivity index (χ2n) is 6.48. The topological polar surface area (TPSA) is 77.2 Å². The van der Waals surface area contributed by atoms with Crippen molar-refractivity contribution in [2.24, 2.45) is 0 Å². The zero-order chi connectivity index (χ0) is 18.9. The Hall–Kier alpha value is -1.57. The summed E-state index contributed by atoms with van der Waals surface area (Å²) in [5.74, 6) is 0.520. The number of ether oxygens (including phenoxy) is 1. The van der Waals surface area contributed by atoms with Gasteiger partial charge in [-0.05, 0) is 31.4 Å². The number of amides is 1. The van der Waals surface area contributed by atoms with Gasteiger partial charge in [-0.15, -0.1) is 10.2 Å².